The van der Waals surface area contributed by atoms with Crippen molar-refractivity contribution < 1.29 is 14.6 Å². The van der Waals surface area contributed by atoms with Gasteiger partial charge < -0.3 is 15.2 Å². The maximum Gasteiger partial charge on any atom is 0.249 e. The van der Waals surface area contributed by atoms with Crippen LogP contribution in [0.1, 0.15) is 32.3 Å². The molecule has 1 aromatic rings. The van der Waals surface area contributed by atoms with Gasteiger partial charge in [-0.25, -0.2) is 0 Å². The van der Waals surface area contributed by atoms with Crippen LogP contribution < -0.4 is 5.32 Å². The lowest BCUT2D eigenvalue weighted by molar-refractivity contribution is -0.133. The van der Waals surface area contributed by atoms with E-state index in [1.807, 2.05) is 37.3 Å². The zero-order valence-electron chi connectivity index (χ0n) is 11.6. The van der Waals surface area contributed by atoms with Crippen LogP contribution in [-0.2, 0) is 16.1 Å². The van der Waals surface area contributed by atoms with Gasteiger partial charge in [0.25, 0.3) is 0 Å². The topological polar surface area (TPSA) is 58.6 Å². The molecule has 0 heterocycles. The zero-order valence-corrected chi connectivity index (χ0v) is 11.6. The molecule has 2 unspecified atom stereocenters. The number of ether oxygens (including phenoxy) is 1. The molecule has 0 saturated heterocycles. The standard InChI is InChI=1S/C15H23NO3/c1-3-14(9-10-17)16-15(18)12(2)19-11-13-7-5-4-6-8-13/h4-8,12,14,17H,3,9-11H2,1-2H3,(H,16,18). The van der Waals surface area contributed by atoms with Gasteiger partial charge in [-0.2, -0.15) is 0 Å². The summed E-state index contributed by atoms with van der Waals surface area (Å²) in [5, 5.41) is 11.8. The molecule has 1 aromatic carbocycles. The number of nitrogens with one attached hydrogen (secondary N) is 1. The molecule has 1 rings (SSSR count). The number of hydrogen-bond acceptors (Lipinski definition) is 3. The van der Waals surface area contributed by atoms with Crippen molar-refractivity contribution in [3.8, 4) is 0 Å². The predicted octanol–water partition coefficient (Wildman–Crippen LogP) is 1.87. The van der Waals surface area contributed by atoms with E-state index in [-0.39, 0.29) is 18.6 Å². The lowest BCUT2D eigenvalue weighted by Crippen LogP contribution is -2.41. The molecule has 2 N–H and O–H groups in total. The van der Waals surface area contributed by atoms with Crippen LogP contribution in [0.15, 0.2) is 30.3 Å². The molecule has 19 heavy (non-hydrogen) atoms. The van der Waals surface area contributed by atoms with E-state index in [1.165, 1.54) is 0 Å². The third-order valence-electron chi connectivity index (χ3n) is 3.03. The third-order valence-corrected chi connectivity index (χ3v) is 3.03. The second-order valence-corrected chi connectivity index (χ2v) is 4.56. The summed E-state index contributed by atoms with van der Waals surface area (Å²) in [4.78, 5) is 11.9. The number of aliphatic hydroxyl groups is 1. The molecule has 0 aliphatic heterocycles. The van der Waals surface area contributed by atoms with Gasteiger partial charge in [0.1, 0.15) is 6.10 Å². The van der Waals surface area contributed by atoms with Gasteiger partial charge in [0.2, 0.25) is 5.91 Å². The SMILES string of the molecule is CCC(CCO)NC(=O)C(C)OCc1ccccc1. The fourth-order valence-corrected chi connectivity index (χ4v) is 1.72. The van der Waals surface area contributed by atoms with E-state index in [2.05, 4.69) is 5.32 Å². The molecular weight excluding hydrogens is 242 g/mol. The van der Waals surface area contributed by atoms with Gasteiger partial charge in [0.15, 0.2) is 0 Å². The highest BCUT2D eigenvalue weighted by Gasteiger charge is 2.16. The van der Waals surface area contributed by atoms with Crippen molar-refractivity contribution in [2.24, 2.45) is 0 Å². The molecule has 0 fully saturated rings. The molecule has 2 atom stereocenters. The average Bonchev–Trinajstić information content (AvgIpc) is 2.45. The molecular formula is C15H23NO3. The molecule has 0 saturated carbocycles. The van der Waals surface area contributed by atoms with Crippen molar-refractivity contribution in [3.05, 3.63) is 35.9 Å². The van der Waals surface area contributed by atoms with E-state index < -0.39 is 6.10 Å². The summed E-state index contributed by atoms with van der Waals surface area (Å²) in [6.07, 6.45) is 0.888. The quantitative estimate of drug-likeness (QED) is 0.754. The Kier molecular flexibility index (Phi) is 7.15. The molecule has 0 bridgehead atoms. The highest BCUT2D eigenvalue weighted by Crippen LogP contribution is 2.04. The smallest absolute Gasteiger partial charge is 0.249 e. The Labute approximate surface area is 114 Å². The Morgan fingerprint density at radius 3 is 2.63 bits per heavy atom. The van der Waals surface area contributed by atoms with Crippen LogP contribution in [0, 0.1) is 0 Å². The first-order chi connectivity index (χ1) is 9.17. The monoisotopic (exact) mass is 265 g/mol. The lowest BCUT2D eigenvalue weighted by Gasteiger charge is -2.19. The highest BCUT2D eigenvalue weighted by molar-refractivity contribution is 5.80. The van der Waals surface area contributed by atoms with Gasteiger partial charge >= 0.3 is 0 Å². The van der Waals surface area contributed by atoms with Crippen molar-refractivity contribution in [2.45, 2.75) is 45.4 Å². The number of carbonyl (C=O) groups excluding carboxylic acids is 1. The first-order valence-electron chi connectivity index (χ1n) is 6.74. The van der Waals surface area contributed by atoms with Gasteiger partial charge in [-0.3, -0.25) is 4.79 Å². The Bertz CT molecular complexity index is 367. The average molecular weight is 265 g/mol. The summed E-state index contributed by atoms with van der Waals surface area (Å²) in [7, 11) is 0. The van der Waals surface area contributed by atoms with E-state index in [1.54, 1.807) is 6.92 Å². The van der Waals surface area contributed by atoms with Gasteiger partial charge in [-0.15, -0.1) is 0 Å². The van der Waals surface area contributed by atoms with E-state index in [9.17, 15) is 4.79 Å². The van der Waals surface area contributed by atoms with Crippen LogP contribution >= 0.6 is 0 Å². The van der Waals surface area contributed by atoms with Gasteiger partial charge in [0, 0.05) is 12.6 Å². The Morgan fingerprint density at radius 2 is 2.05 bits per heavy atom. The number of rotatable bonds is 8. The zero-order chi connectivity index (χ0) is 14.1. The lowest BCUT2D eigenvalue weighted by atomic mass is 10.1. The molecule has 4 heteroatoms. The number of carbonyl (C=O) groups is 1. The number of aliphatic hydroxyl groups excluding tert-OH is 1. The molecule has 0 aliphatic carbocycles. The van der Waals surface area contributed by atoms with Crippen LogP contribution in [0.4, 0.5) is 0 Å². The van der Waals surface area contributed by atoms with E-state index in [0.717, 1.165) is 12.0 Å². The summed E-state index contributed by atoms with van der Waals surface area (Å²) in [6.45, 7) is 4.23. The van der Waals surface area contributed by atoms with Crippen LogP contribution in [0.2, 0.25) is 0 Å². The summed E-state index contributed by atoms with van der Waals surface area (Å²) >= 11 is 0. The van der Waals surface area contributed by atoms with Gasteiger partial charge in [-0.1, -0.05) is 37.3 Å². The first-order valence-corrected chi connectivity index (χ1v) is 6.74. The summed E-state index contributed by atoms with van der Waals surface area (Å²) in [6, 6.07) is 9.77. The normalized spacial score (nSPS) is 13.8. The summed E-state index contributed by atoms with van der Waals surface area (Å²) < 4.78 is 5.54. The Balaban J connectivity index is 2.36. The number of benzene rings is 1. The van der Waals surface area contributed by atoms with Crippen molar-refractivity contribution in [1.82, 2.24) is 5.32 Å². The molecule has 1 amide bonds. The maximum absolute atomic E-state index is 11.9. The molecule has 0 spiro atoms. The van der Waals surface area contributed by atoms with Crippen molar-refractivity contribution >= 4 is 5.91 Å². The fraction of sp³-hybridized carbons (Fsp3) is 0.533. The first kappa shape index (κ1) is 15.7. The van der Waals surface area contributed by atoms with Crippen molar-refractivity contribution in [2.75, 3.05) is 6.61 Å². The second kappa shape index (κ2) is 8.67. The Hall–Kier alpha value is -1.39. The second-order valence-electron chi connectivity index (χ2n) is 4.56. The minimum atomic E-state index is -0.493. The van der Waals surface area contributed by atoms with Gasteiger partial charge in [0.05, 0.1) is 6.61 Å². The van der Waals surface area contributed by atoms with Crippen molar-refractivity contribution in [3.63, 3.8) is 0 Å². The fourth-order valence-electron chi connectivity index (χ4n) is 1.72. The number of amides is 1. The van der Waals surface area contributed by atoms with E-state index in [0.29, 0.717) is 13.0 Å². The molecule has 0 aliphatic rings. The van der Waals surface area contributed by atoms with E-state index >= 15 is 0 Å². The van der Waals surface area contributed by atoms with Crippen molar-refractivity contribution in [1.29, 1.82) is 0 Å². The largest absolute Gasteiger partial charge is 0.396 e. The molecule has 0 aromatic heterocycles. The summed E-state index contributed by atoms with van der Waals surface area (Å²) in [5.74, 6) is -0.128. The van der Waals surface area contributed by atoms with Crippen LogP contribution in [-0.4, -0.2) is 29.8 Å². The minimum absolute atomic E-state index is 0.0141. The molecule has 4 nitrogen and oxygen atoms in total. The minimum Gasteiger partial charge on any atom is -0.396 e. The molecule has 0 radical (unpaired) electrons. The van der Waals surface area contributed by atoms with Crippen LogP contribution in [0.3, 0.4) is 0 Å². The highest BCUT2D eigenvalue weighted by atomic mass is 16.5. The predicted molar refractivity (Wildman–Crippen MR) is 74.6 cm³/mol. The summed E-state index contributed by atoms with van der Waals surface area (Å²) in [5.41, 5.74) is 1.05. The molecule has 106 valence electrons. The van der Waals surface area contributed by atoms with Crippen LogP contribution in [0.25, 0.3) is 0 Å². The maximum atomic E-state index is 11.9. The van der Waals surface area contributed by atoms with Crippen LogP contribution in [0.5, 0.6) is 0 Å². The third kappa shape index (κ3) is 5.85. The van der Waals surface area contributed by atoms with Gasteiger partial charge in [-0.05, 0) is 25.3 Å². The number of hydrogen-bond donors (Lipinski definition) is 2. The van der Waals surface area contributed by atoms with E-state index in [4.69, 9.17) is 9.84 Å². The Morgan fingerprint density at radius 1 is 1.37 bits per heavy atom.